The van der Waals surface area contributed by atoms with Crippen LogP contribution in [0.15, 0.2) is 35.7 Å². The van der Waals surface area contributed by atoms with Gasteiger partial charge < -0.3 is 5.73 Å². The molecule has 18 heavy (non-hydrogen) atoms. The molecule has 1 aliphatic rings. The molecule has 0 saturated heterocycles. The summed E-state index contributed by atoms with van der Waals surface area (Å²) in [5.41, 5.74) is 10.4. The van der Waals surface area contributed by atoms with Crippen LogP contribution in [0.4, 0.5) is 0 Å². The topological polar surface area (TPSA) is 26.0 Å². The third kappa shape index (κ3) is 2.11. The lowest BCUT2D eigenvalue weighted by Gasteiger charge is -2.26. The van der Waals surface area contributed by atoms with Crippen LogP contribution < -0.4 is 5.73 Å². The maximum Gasteiger partial charge on any atom is 0.0648 e. The standard InChI is InChI=1S/C16H19NS/c1-11-9-10-18-16(11)15(17)14-7-5-13(6-8-14)12-3-2-4-12/h5-10,12,15H,2-4,17H2,1H3. The summed E-state index contributed by atoms with van der Waals surface area (Å²) in [6, 6.07) is 11.1. The van der Waals surface area contributed by atoms with Crippen LogP contribution in [0.25, 0.3) is 0 Å². The van der Waals surface area contributed by atoms with E-state index in [4.69, 9.17) is 5.73 Å². The van der Waals surface area contributed by atoms with E-state index >= 15 is 0 Å². The Kier molecular flexibility index (Phi) is 3.23. The van der Waals surface area contributed by atoms with E-state index in [1.165, 1.54) is 40.8 Å². The van der Waals surface area contributed by atoms with Gasteiger partial charge in [-0.1, -0.05) is 30.7 Å². The zero-order valence-corrected chi connectivity index (χ0v) is 11.5. The highest BCUT2D eigenvalue weighted by molar-refractivity contribution is 7.10. The van der Waals surface area contributed by atoms with Gasteiger partial charge in [-0.2, -0.15) is 0 Å². The van der Waals surface area contributed by atoms with Crippen LogP contribution in [0, 0.1) is 6.92 Å². The van der Waals surface area contributed by atoms with Gasteiger partial charge in [0.05, 0.1) is 6.04 Å². The van der Waals surface area contributed by atoms with E-state index in [0.717, 1.165) is 5.92 Å². The van der Waals surface area contributed by atoms with Crippen molar-refractivity contribution in [1.29, 1.82) is 0 Å². The van der Waals surface area contributed by atoms with Gasteiger partial charge in [-0.05, 0) is 53.8 Å². The predicted octanol–water partition coefficient (Wildman–Crippen LogP) is 4.37. The molecule has 1 heterocycles. The summed E-state index contributed by atoms with van der Waals surface area (Å²) in [6.07, 6.45) is 4.10. The molecule has 1 aliphatic carbocycles. The Morgan fingerprint density at radius 2 is 1.89 bits per heavy atom. The summed E-state index contributed by atoms with van der Waals surface area (Å²) in [6.45, 7) is 2.13. The minimum Gasteiger partial charge on any atom is -0.320 e. The Morgan fingerprint density at radius 3 is 2.39 bits per heavy atom. The molecule has 3 rings (SSSR count). The van der Waals surface area contributed by atoms with E-state index < -0.39 is 0 Å². The normalized spacial score (nSPS) is 17.4. The zero-order chi connectivity index (χ0) is 12.5. The summed E-state index contributed by atoms with van der Waals surface area (Å²) in [7, 11) is 0. The Labute approximate surface area is 113 Å². The van der Waals surface area contributed by atoms with Crippen molar-refractivity contribution >= 4 is 11.3 Å². The summed E-state index contributed by atoms with van der Waals surface area (Å²) in [5.74, 6) is 0.804. The van der Waals surface area contributed by atoms with Crippen LogP contribution in [-0.4, -0.2) is 0 Å². The lowest BCUT2D eigenvalue weighted by Crippen LogP contribution is -2.12. The number of thiophene rings is 1. The van der Waals surface area contributed by atoms with Crippen LogP contribution in [0.2, 0.25) is 0 Å². The first-order valence-electron chi connectivity index (χ1n) is 6.65. The molecule has 0 spiro atoms. The molecular formula is C16H19NS. The number of benzene rings is 1. The Morgan fingerprint density at radius 1 is 1.17 bits per heavy atom. The number of nitrogens with two attached hydrogens (primary N) is 1. The zero-order valence-electron chi connectivity index (χ0n) is 10.7. The number of rotatable bonds is 3. The lowest BCUT2D eigenvalue weighted by molar-refractivity contribution is 0.419. The largest absolute Gasteiger partial charge is 0.320 e. The minimum absolute atomic E-state index is 0.0282. The van der Waals surface area contributed by atoms with Crippen molar-refractivity contribution in [3.63, 3.8) is 0 Å². The van der Waals surface area contributed by atoms with Crippen LogP contribution >= 0.6 is 11.3 Å². The Hall–Kier alpha value is -1.12. The van der Waals surface area contributed by atoms with E-state index in [2.05, 4.69) is 42.6 Å². The molecule has 1 atom stereocenters. The fourth-order valence-electron chi connectivity index (χ4n) is 2.57. The van der Waals surface area contributed by atoms with Gasteiger partial charge in [-0.15, -0.1) is 11.3 Å². The maximum atomic E-state index is 6.34. The monoisotopic (exact) mass is 257 g/mol. The van der Waals surface area contributed by atoms with E-state index in [9.17, 15) is 0 Å². The van der Waals surface area contributed by atoms with E-state index in [1.54, 1.807) is 11.3 Å². The van der Waals surface area contributed by atoms with Crippen LogP contribution in [0.5, 0.6) is 0 Å². The number of hydrogen-bond donors (Lipinski definition) is 1. The summed E-state index contributed by atoms with van der Waals surface area (Å²) in [4.78, 5) is 1.28. The molecular weight excluding hydrogens is 238 g/mol. The molecule has 0 aliphatic heterocycles. The van der Waals surface area contributed by atoms with Gasteiger partial charge in [0.2, 0.25) is 0 Å². The first kappa shape index (κ1) is 11.9. The predicted molar refractivity (Wildman–Crippen MR) is 78.1 cm³/mol. The molecule has 1 aromatic heterocycles. The lowest BCUT2D eigenvalue weighted by atomic mass is 9.80. The van der Waals surface area contributed by atoms with Crippen LogP contribution in [0.3, 0.4) is 0 Å². The first-order chi connectivity index (χ1) is 8.75. The second-order valence-corrected chi connectivity index (χ2v) is 6.19. The van der Waals surface area contributed by atoms with Crippen LogP contribution in [0.1, 0.15) is 52.8 Å². The van der Waals surface area contributed by atoms with Crippen molar-refractivity contribution in [2.24, 2.45) is 5.73 Å². The molecule has 2 N–H and O–H groups in total. The fraction of sp³-hybridized carbons (Fsp3) is 0.375. The molecule has 0 bridgehead atoms. The van der Waals surface area contributed by atoms with Gasteiger partial charge in [0, 0.05) is 4.88 Å². The van der Waals surface area contributed by atoms with Crippen molar-refractivity contribution in [3.05, 3.63) is 57.3 Å². The highest BCUT2D eigenvalue weighted by Gasteiger charge is 2.20. The van der Waals surface area contributed by atoms with Crippen molar-refractivity contribution in [1.82, 2.24) is 0 Å². The molecule has 1 aromatic carbocycles. The average Bonchev–Trinajstić information content (AvgIpc) is 2.73. The van der Waals surface area contributed by atoms with Gasteiger partial charge in [0.25, 0.3) is 0 Å². The molecule has 0 amide bonds. The highest BCUT2D eigenvalue weighted by Crippen LogP contribution is 2.37. The number of hydrogen-bond acceptors (Lipinski definition) is 2. The van der Waals surface area contributed by atoms with Crippen molar-refractivity contribution in [2.75, 3.05) is 0 Å². The second kappa shape index (κ2) is 4.87. The number of aryl methyl sites for hydroxylation is 1. The maximum absolute atomic E-state index is 6.34. The van der Waals surface area contributed by atoms with Gasteiger partial charge in [0.1, 0.15) is 0 Å². The average molecular weight is 257 g/mol. The summed E-state index contributed by atoms with van der Waals surface area (Å²) in [5, 5.41) is 2.12. The van der Waals surface area contributed by atoms with Gasteiger partial charge in [-0.25, -0.2) is 0 Å². The smallest absolute Gasteiger partial charge is 0.0648 e. The highest BCUT2D eigenvalue weighted by atomic mass is 32.1. The molecule has 1 unspecified atom stereocenters. The third-order valence-corrected chi connectivity index (χ3v) is 5.16. The molecule has 1 nitrogen and oxygen atoms in total. The fourth-order valence-corrected chi connectivity index (χ4v) is 3.53. The second-order valence-electron chi connectivity index (χ2n) is 5.24. The molecule has 0 radical (unpaired) electrons. The van der Waals surface area contributed by atoms with E-state index in [0.29, 0.717) is 0 Å². The minimum atomic E-state index is 0.0282. The SMILES string of the molecule is Cc1ccsc1C(N)c1ccc(C2CCC2)cc1. The van der Waals surface area contributed by atoms with Crippen LogP contribution in [-0.2, 0) is 0 Å². The first-order valence-corrected chi connectivity index (χ1v) is 7.53. The third-order valence-electron chi connectivity index (χ3n) is 4.06. The molecule has 1 saturated carbocycles. The van der Waals surface area contributed by atoms with Crippen molar-refractivity contribution < 1.29 is 0 Å². The van der Waals surface area contributed by atoms with Gasteiger partial charge in [-0.3, -0.25) is 0 Å². The molecule has 94 valence electrons. The van der Waals surface area contributed by atoms with E-state index in [-0.39, 0.29) is 6.04 Å². The molecule has 2 aromatic rings. The Balaban J connectivity index is 1.82. The van der Waals surface area contributed by atoms with Gasteiger partial charge >= 0.3 is 0 Å². The summed E-state index contributed by atoms with van der Waals surface area (Å²) >= 11 is 1.75. The molecule has 2 heteroatoms. The Bertz CT molecular complexity index is 522. The quantitative estimate of drug-likeness (QED) is 0.868. The van der Waals surface area contributed by atoms with Crippen molar-refractivity contribution in [3.8, 4) is 0 Å². The van der Waals surface area contributed by atoms with Crippen molar-refractivity contribution in [2.45, 2.75) is 38.1 Å². The molecule has 1 fully saturated rings. The van der Waals surface area contributed by atoms with E-state index in [1.807, 2.05) is 0 Å². The summed E-state index contributed by atoms with van der Waals surface area (Å²) < 4.78 is 0. The van der Waals surface area contributed by atoms with Gasteiger partial charge in [0.15, 0.2) is 0 Å².